The first-order chi connectivity index (χ1) is 2.00. The van der Waals surface area contributed by atoms with Gasteiger partial charge in [-0.15, -0.1) is 0 Å². The maximum absolute atomic E-state index is 8.88. The third-order valence-corrected chi connectivity index (χ3v) is 0. The second-order valence-electron chi connectivity index (χ2n) is 0.513. The van der Waals surface area contributed by atoms with E-state index in [0.29, 0.717) is 0 Å². The molecule has 0 rings (SSSR count). The minimum absolute atomic E-state index is 0. The summed E-state index contributed by atoms with van der Waals surface area (Å²) in [5.74, 6) is 0. The van der Waals surface area contributed by atoms with Crippen LogP contribution in [0.25, 0.3) is 0 Å². The third-order valence-electron chi connectivity index (χ3n) is 0. The molecule has 0 saturated carbocycles. The van der Waals surface area contributed by atoms with E-state index in [1.807, 2.05) is 0 Å². The van der Waals surface area contributed by atoms with E-state index in [-0.39, 0.29) is 66.7 Å². The summed E-state index contributed by atoms with van der Waals surface area (Å²) in [7, 11) is -4.64. The summed E-state index contributed by atoms with van der Waals surface area (Å²) in [6.07, 6.45) is 0. The van der Waals surface area contributed by atoms with Crippen molar-refractivity contribution in [1.29, 1.82) is 0 Å². The number of hydrogen-bond donors (Lipinski definition) is 3. The van der Waals surface area contributed by atoms with Gasteiger partial charge in [0.05, 0.1) is 0 Å². The van der Waals surface area contributed by atoms with Crippen LogP contribution < -0.4 is 59.1 Å². The molecule has 0 amide bonds. The van der Waals surface area contributed by atoms with Crippen molar-refractivity contribution in [1.82, 2.24) is 0 Å². The van der Waals surface area contributed by atoms with E-state index in [2.05, 4.69) is 0 Å². The SMILES string of the molecule is F.O=P(O)(O)O.[H-].[H-].[Na+].[Na+]. The van der Waals surface area contributed by atoms with Gasteiger partial charge in [-0.05, 0) is 0 Å². The van der Waals surface area contributed by atoms with Crippen molar-refractivity contribution >= 4 is 7.82 Å². The summed E-state index contributed by atoms with van der Waals surface area (Å²) in [5, 5.41) is 0. The molecule has 44 valence electrons. The van der Waals surface area contributed by atoms with Gasteiger partial charge in [0.15, 0.2) is 0 Å². The van der Waals surface area contributed by atoms with E-state index < -0.39 is 7.82 Å². The fourth-order valence-corrected chi connectivity index (χ4v) is 0. The van der Waals surface area contributed by atoms with Crippen molar-refractivity contribution in [3.63, 3.8) is 0 Å². The maximum atomic E-state index is 8.88. The molecule has 0 heterocycles. The minimum atomic E-state index is -4.64. The Bertz CT molecular complexity index is 67.4. The van der Waals surface area contributed by atoms with Gasteiger partial charge in [-0.3, -0.25) is 4.70 Å². The van der Waals surface area contributed by atoms with Crippen LogP contribution >= 0.6 is 7.82 Å². The number of hydrogen-bond acceptors (Lipinski definition) is 1. The molecule has 3 N–H and O–H groups in total. The van der Waals surface area contributed by atoms with Crippen LogP contribution in [-0.2, 0) is 4.57 Å². The Hall–Kier alpha value is 2.04. The van der Waals surface area contributed by atoms with Crippen LogP contribution in [0.5, 0.6) is 0 Å². The van der Waals surface area contributed by atoms with E-state index in [0.717, 1.165) is 0 Å². The second kappa shape index (κ2) is 9.04. The Kier molecular flexibility index (Phi) is 25.4. The zero-order valence-electron chi connectivity index (χ0n) is 6.61. The zero-order chi connectivity index (χ0) is 4.50. The van der Waals surface area contributed by atoms with Gasteiger partial charge in [0.25, 0.3) is 0 Å². The molecule has 0 saturated heterocycles. The smallest absolute Gasteiger partial charge is 1.00 e. The standard InChI is InChI=1S/FH.2Na.H3O4P.2H/c;;;1-5(2,3)4;;/h1H;;;(H3,1,2,3,4);;/q;2*+1;;2*-1. The fourth-order valence-electron chi connectivity index (χ4n) is 0. The molecule has 0 fully saturated rings. The predicted molar refractivity (Wildman–Crippen MR) is 19.0 cm³/mol. The van der Waals surface area contributed by atoms with Crippen LogP contribution in [0.2, 0.25) is 0 Å². The van der Waals surface area contributed by atoms with Crippen LogP contribution in [0.1, 0.15) is 2.85 Å². The fraction of sp³-hybridized carbons (Fsp3) is 0. The molecule has 0 radical (unpaired) electrons. The van der Waals surface area contributed by atoms with Crippen molar-refractivity contribution in [3.05, 3.63) is 0 Å². The summed E-state index contributed by atoms with van der Waals surface area (Å²) in [4.78, 5) is 21.6. The van der Waals surface area contributed by atoms with Gasteiger partial charge in [-0.1, -0.05) is 0 Å². The molecule has 0 aromatic carbocycles. The van der Waals surface area contributed by atoms with Gasteiger partial charge in [-0.2, -0.15) is 0 Å². The first-order valence-electron chi connectivity index (χ1n) is 0.783. The van der Waals surface area contributed by atoms with E-state index in [1.165, 1.54) is 0 Å². The van der Waals surface area contributed by atoms with Crippen molar-refractivity contribution in [2.75, 3.05) is 0 Å². The van der Waals surface area contributed by atoms with E-state index in [1.54, 1.807) is 0 Å². The molecule has 0 aliphatic heterocycles. The molecule has 4 nitrogen and oxygen atoms in total. The molecular weight excluding hydrogens is 160 g/mol. The van der Waals surface area contributed by atoms with Crippen LogP contribution in [-0.4, -0.2) is 14.7 Å². The Morgan fingerprint density at radius 2 is 1.12 bits per heavy atom. The third kappa shape index (κ3) is 95.8. The Labute approximate surface area is 92.8 Å². The largest absolute Gasteiger partial charge is 1.00 e. The average molecular weight is 166 g/mol. The van der Waals surface area contributed by atoms with Crippen LogP contribution in [0.4, 0.5) is 4.70 Å². The summed E-state index contributed by atoms with van der Waals surface area (Å²) in [5.41, 5.74) is 0. The van der Waals surface area contributed by atoms with Gasteiger partial charge in [0, 0.05) is 0 Å². The van der Waals surface area contributed by atoms with Gasteiger partial charge in [0.1, 0.15) is 0 Å². The predicted octanol–water partition coefficient (Wildman–Crippen LogP) is -6.54. The number of rotatable bonds is 0. The molecule has 0 unspecified atom stereocenters. The quantitative estimate of drug-likeness (QED) is 0.247. The molecule has 0 aromatic heterocycles. The Morgan fingerprint density at radius 1 is 1.12 bits per heavy atom. The van der Waals surface area contributed by atoms with Gasteiger partial charge in [0.2, 0.25) is 0 Å². The molecule has 8 heteroatoms. The maximum Gasteiger partial charge on any atom is 1.00 e. The normalized spacial score (nSPS) is 7.38. The van der Waals surface area contributed by atoms with E-state index in [4.69, 9.17) is 19.2 Å². The van der Waals surface area contributed by atoms with Gasteiger partial charge >= 0.3 is 66.9 Å². The summed E-state index contributed by atoms with van der Waals surface area (Å²) < 4.78 is 8.88. The first-order valence-corrected chi connectivity index (χ1v) is 2.35. The molecular formula is H6FNa2O4P. The van der Waals surface area contributed by atoms with Crippen molar-refractivity contribution in [2.24, 2.45) is 0 Å². The van der Waals surface area contributed by atoms with Crippen molar-refractivity contribution in [3.8, 4) is 0 Å². The minimum Gasteiger partial charge on any atom is -1.00 e. The monoisotopic (exact) mass is 166 g/mol. The van der Waals surface area contributed by atoms with Gasteiger partial charge in [-0.25, -0.2) is 4.57 Å². The van der Waals surface area contributed by atoms with Crippen molar-refractivity contribution in [2.45, 2.75) is 0 Å². The molecule has 0 aliphatic rings. The first kappa shape index (κ1) is 22.5. The Balaban J connectivity index is -0.00000000800. The molecule has 8 heavy (non-hydrogen) atoms. The van der Waals surface area contributed by atoms with Crippen LogP contribution in [0.15, 0.2) is 0 Å². The van der Waals surface area contributed by atoms with E-state index >= 15 is 0 Å². The molecule has 0 atom stereocenters. The van der Waals surface area contributed by atoms with E-state index in [9.17, 15) is 0 Å². The molecule has 0 aliphatic carbocycles. The molecule has 0 spiro atoms. The Morgan fingerprint density at radius 3 is 1.12 bits per heavy atom. The number of phosphoric acid groups is 1. The summed E-state index contributed by atoms with van der Waals surface area (Å²) in [6.45, 7) is 0. The van der Waals surface area contributed by atoms with Crippen molar-refractivity contribution < 1.29 is 85.9 Å². The topological polar surface area (TPSA) is 77.8 Å². The van der Waals surface area contributed by atoms with Crippen LogP contribution in [0.3, 0.4) is 0 Å². The summed E-state index contributed by atoms with van der Waals surface area (Å²) in [6, 6.07) is 0. The van der Waals surface area contributed by atoms with Gasteiger partial charge < -0.3 is 17.5 Å². The summed E-state index contributed by atoms with van der Waals surface area (Å²) >= 11 is 0. The van der Waals surface area contributed by atoms with Crippen LogP contribution in [0, 0.1) is 0 Å². The zero-order valence-corrected chi connectivity index (χ0v) is 9.50. The number of halogens is 1. The molecule has 0 bridgehead atoms. The second-order valence-corrected chi connectivity index (χ2v) is 1.54. The average Bonchev–Trinajstić information content (AvgIpc) is 0.722. The molecule has 0 aromatic rings.